The van der Waals surface area contributed by atoms with Crippen molar-refractivity contribution in [1.29, 1.82) is 0 Å². The van der Waals surface area contributed by atoms with Gasteiger partial charge in [-0.3, -0.25) is 4.90 Å². The number of hydrogen-bond acceptors (Lipinski definition) is 6. The molecule has 0 amide bonds. The summed E-state index contributed by atoms with van der Waals surface area (Å²) < 4.78 is 19.0. The van der Waals surface area contributed by atoms with Crippen molar-refractivity contribution in [2.75, 3.05) is 26.9 Å². The first kappa shape index (κ1) is 24.0. The molecule has 34 heavy (non-hydrogen) atoms. The first-order valence-electron chi connectivity index (χ1n) is 11.7. The van der Waals surface area contributed by atoms with Crippen LogP contribution in [0.25, 0.3) is 5.69 Å². The molecule has 1 atom stereocenters. The van der Waals surface area contributed by atoms with Gasteiger partial charge in [0.25, 0.3) is 0 Å². The average Bonchev–Trinajstić information content (AvgIpc) is 3.66. The van der Waals surface area contributed by atoms with E-state index in [0.29, 0.717) is 37.4 Å². The van der Waals surface area contributed by atoms with Crippen LogP contribution in [0.2, 0.25) is 0 Å². The molecule has 180 valence electrons. The Morgan fingerprint density at radius 2 is 1.85 bits per heavy atom. The summed E-state index contributed by atoms with van der Waals surface area (Å²) in [5.41, 5.74) is 2.83. The SMILES string of the molecule is C=CCOC[C@@H](O)CN(Cc1c(C)nn(-c2ccccc2)c1Oc1ccc(OC)cc1)C1CC1. The topological polar surface area (TPSA) is 69.0 Å². The second kappa shape index (κ2) is 11.3. The van der Waals surface area contributed by atoms with Gasteiger partial charge in [0.2, 0.25) is 5.88 Å². The van der Waals surface area contributed by atoms with Crippen molar-refractivity contribution in [2.24, 2.45) is 0 Å². The molecule has 0 aliphatic heterocycles. The molecule has 7 heteroatoms. The van der Waals surface area contributed by atoms with Crippen LogP contribution >= 0.6 is 0 Å². The molecule has 1 heterocycles. The van der Waals surface area contributed by atoms with E-state index in [2.05, 4.69) is 11.5 Å². The smallest absolute Gasteiger partial charge is 0.227 e. The number of para-hydroxylation sites is 1. The molecule has 1 fully saturated rings. The number of nitrogens with zero attached hydrogens (tertiary/aromatic N) is 3. The predicted molar refractivity (Wildman–Crippen MR) is 132 cm³/mol. The summed E-state index contributed by atoms with van der Waals surface area (Å²) in [6.07, 6.45) is 3.37. The molecule has 1 saturated carbocycles. The van der Waals surface area contributed by atoms with E-state index in [0.717, 1.165) is 35.5 Å². The van der Waals surface area contributed by atoms with Crippen LogP contribution in [-0.4, -0.2) is 58.8 Å². The Morgan fingerprint density at radius 1 is 1.15 bits per heavy atom. The van der Waals surface area contributed by atoms with E-state index in [1.54, 1.807) is 13.2 Å². The minimum Gasteiger partial charge on any atom is -0.497 e. The Morgan fingerprint density at radius 3 is 2.50 bits per heavy atom. The number of ether oxygens (including phenoxy) is 3. The summed E-state index contributed by atoms with van der Waals surface area (Å²) in [4.78, 5) is 2.31. The maximum atomic E-state index is 10.5. The van der Waals surface area contributed by atoms with Gasteiger partial charge in [-0.15, -0.1) is 6.58 Å². The van der Waals surface area contributed by atoms with Gasteiger partial charge in [0.05, 0.1) is 43.4 Å². The van der Waals surface area contributed by atoms with Crippen LogP contribution in [0.15, 0.2) is 67.3 Å². The maximum Gasteiger partial charge on any atom is 0.227 e. The molecule has 0 spiro atoms. The number of aliphatic hydroxyl groups is 1. The number of aromatic nitrogens is 2. The van der Waals surface area contributed by atoms with E-state index < -0.39 is 6.10 Å². The number of benzene rings is 2. The van der Waals surface area contributed by atoms with Gasteiger partial charge in [-0.05, 0) is 56.2 Å². The first-order valence-corrected chi connectivity index (χ1v) is 11.7. The Kier molecular flexibility index (Phi) is 8.00. The summed E-state index contributed by atoms with van der Waals surface area (Å²) in [5, 5.41) is 15.4. The molecule has 0 bridgehead atoms. The predicted octanol–water partition coefficient (Wildman–Crippen LogP) is 4.51. The lowest BCUT2D eigenvalue weighted by atomic mass is 10.2. The molecule has 0 radical (unpaired) electrons. The fourth-order valence-corrected chi connectivity index (χ4v) is 3.92. The monoisotopic (exact) mass is 463 g/mol. The third-order valence-corrected chi connectivity index (χ3v) is 5.83. The van der Waals surface area contributed by atoms with E-state index in [1.807, 2.05) is 66.2 Å². The molecule has 7 nitrogen and oxygen atoms in total. The van der Waals surface area contributed by atoms with Gasteiger partial charge in [0, 0.05) is 19.1 Å². The van der Waals surface area contributed by atoms with Crippen LogP contribution < -0.4 is 9.47 Å². The normalized spacial score (nSPS) is 14.2. The summed E-state index contributed by atoms with van der Waals surface area (Å²) in [6, 6.07) is 17.9. The molecule has 1 aliphatic rings. The van der Waals surface area contributed by atoms with Crippen LogP contribution in [0.3, 0.4) is 0 Å². The Bertz CT molecular complexity index is 1060. The summed E-state index contributed by atoms with van der Waals surface area (Å²) >= 11 is 0. The van der Waals surface area contributed by atoms with Gasteiger partial charge in [-0.25, -0.2) is 4.68 Å². The lowest BCUT2D eigenvalue weighted by molar-refractivity contribution is 0.0226. The highest BCUT2D eigenvalue weighted by Gasteiger charge is 2.32. The van der Waals surface area contributed by atoms with E-state index in [9.17, 15) is 5.11 Å². The zero-order chi connectivity index (χ0) is 23.9. The van der Waals surface area contributed by atoms with E-state index in [1.165, 1.54) is 0 Å². The molecule has 0 unspecified atom stereocenters. The zero-order valence-electron chi connectivity index (χ0n) is 19.9. The van der Waals surface area contributed by atoms with Crippen molar-refractivity contribution in [2.45, 2.75) is 38.5 Å². The number of rotatable bonds is 13. The van der Waals surface area contributed by atoms with Crippen molar-refractivity contribution in [3.63, 3.8) is 0 Å². The molecule has 3 aromatic rings. The van der Waals surface area contributed by atoms with Crippen LogP contribution in [0, 0.1) is 6.92 Å². The van der Waals surface area contributed by atoms with E-state index in [4.69, 9.17) is 19.3 Å². The largest absolute Gasteiger partial charge is 0.497 e. The van der Waals surface area contributed by atoms with Gasteiger partial charge in [0.15, 0.2) is 0 Å². The van der Waals surface area contributed by atoms with Gasteiger partial charge < -0.3 is 19.3 Å². The fraction of sp³-hybridized carbons (Fsp3) is 0.370. The molecule has 2 aromatic carbocycles. The molecule has 0 saturated heterocycles. The minimum absolute atomic E-state index is 0.284. The molecule has 4 rings (SSSR count). The molecule has 1 aliphatic carbocycles. The lowest BCUT2D eigenvalue weighted by Crippen LogP contribution is -2.36. The molecule has 1 aromatic heterocycles. The number of hydrogen-bond donors (Lipinski definition) is 1. The summed E-state index contributed by atoms with van der Waals surface area (Å²) in [5.74, 6) is 2.15. The van der Waals surface area contributed by atoms with Crippen molar-refractivity contribution in [1.82, 2.24) is 14.7 Å². The zero-order valence-corrected chi connectivity index (χ0v) is 19.9. The lowest BCUT2D eigenvalue weighted by Gasteiger charge is -2.25. The van der Waals surface area contributed by atoms with Crippen LogP contribution in [0.5, 0.6) is 17.4 Å². The number of methoxy groups -OCH3 is 1. The molecular formula is C27H33N3O4. The Labute approximate surface area is 201 Å². The van der Waals surface area contributed by atoms with Gasteiger partial charge in [-0.1, -0.05) is 24.3 Å². The second-order valence-electron chi connectivity index (χ2n) is 8.53. The van der Waals surface area contributed by atoms with Gasteiger partial charge in [0.1, 0.15) is 11.5 Å². The summed E-state index contributed by atoms with van der Waals surface area (Å²) in [7, 11) is 1.64. The molecular weight excluding hydrogens is 430 g/mol. The quantitative estimate of drug-likeness (QED) is 0.297. The minimum atomic E-state index is -0.573. The van der Waals surface area contributed by atoms with E-state index in [-0.39, 0.29) is 6.61 Å². The maximum absolute atomic E-state index is 10.5. The van der Waals surface area contributed by atoms with Crippen molar-refractivity contribution in [3.05, 3.63) is 78.5 Å². The number of aryl methyl sites for hydroxylation is 1. The highest BCUT2D eigenvalue weighted by atomic mass is 16.5. The van der Waals surface area contributed by atoms with Crippen molar-refractivity contribution < 1.29 is 19.3 Å². The van der Waals surface area contributed by atoms with Gasteiger partial charge >= 0.3 is 0 Å². The third kappa shape index (κ3) is 6.05. The Hall–Kier alpha value is -3.13. The first-order chi connectivity index (χ1) is 16.6. The highest BCUT2D eigenvalue weighted by Crippen LogP contribution is 2.35. The second-order valence-corrected chi connectivity index (χ2v) is 8.53. The average molecular weight is 464 g/mol. The van der Waals surface area contributed by atoms with Crippen LogP contribution in [0.4, 0.5) is 0 Å². The third-order valence-electron chi connectivity index (χ3n) is 5.83. The molecule has 1 N–H and O–H groups in total. The van der Waals surface area contributed by atoms with Crippen molar-refractivity contribution >= 4 is 0 Å². The van der Waals surface area contributed by atoms with Gasteiger partial charge in [-0.2, -0.15) is 5.10 Å². The van der Waals surface area contributed by atoms with Crippen LogP contribution in [-0.2, 0) is 11.3 Å². The standard InChI is InChI=1S/C27H33N3O4/c1-4-16-33-19-23(31)17-29(21-10-11-21)18-26-20(2)28-30(22-8-6-5-7-9-22)27(26)34-25-14-12-24(32-3)13-15-25/h4-9,12-15,21,23,31H,1,10-11,16-19H2,2-3H3/t23-/m0/s1. The van der Waals surface area contributed by atoms with E-state index >= 15 is 0 Å². The fourth-order valence-electron chi connectivity index (χ4n) is 3.92. The number of aliphatic hydroxyl groups excluding tert-OH is 1. The van der Waals surface area contributed by atoms with Crippen molar-refractivity contribution in [3.8, 4) is 23.1 Å². The Balaban J connectivity index is 1.62. The summed E-state index contributed by atoms with van der Waals surface area (Å²) in [6.45, 7) is 7.54. The van der Waals surface area contributed by atoms with Crippen LogP contribution in [0.1, 0.15) is 24.1 Å². The highest BCUT2D eigenvalue weighted by molar-refractivity contribution is 5.44.